The normalized spacial score (nSPS) is 24.8. The highest BCUT2D eigenvalue weighted by Gasteiger charge is 2.17. The van der Waals surface area contributed by atoms with Gasteiger partial charge in [0.1, 0.15) is 0 Å². The van der Waals surface area contributed by atoms with Gasteiger partial charge in [0.25, 0.3) is 0 Å². The molecular weight excluding hydrogens is 206 g/mol. The van der Waals surface area contributed by atoms with Crippen molar-refractivity contribution in [1.29, 1.82) is 0 Å². The molecule has 17 heavy (non-hydrogen) atoms. The lowest BCUT2D eigenvalue weighted by Gasteiger charge is -2.28. The highest BCUT2D eigenvalue weighted by molar-refractivity contribution is 5.24. The summed E-state index contributed by atoms with van der Waals surface area (Å²) in [5, 5.41) is 3.67. The minimum Gasteiger partial charge on any atom is -0.313 e. The van der Waals surface area contributed by atoms with Gasteiger partial charge in [0.05, 0.1) is 0 Å². The van der Waals surface area contributed by atoms with Crippen LogP contribution < -0.4 is 5.32 Å². The summed E-state index contributed by atoms with van der Waals surface area (Å²) in [5.41, 5.74) is 3.00. The number of piperidine rings is 1. The van der Waals surface area contributed by atoms with E-state index in [0.29, 0.717) is 6.04 Å². The molecule has 0 amide bonds. The van der Waals surface area contributed by atoms with Crippen LogP contribution in [-0.2, 0) is 12.8 Å². The lowest BCUT2D eigenvalue weighted by atomic mass is 9.92. The molecule has 1 aromatic carbocycles. The van der Waals surface area contributed by atoms with E-state index in [4.69, 9.17) is 0 Å². The maximum atomic E-state index is 3.67. The zero-order chi connectivity index (χ0) is 12.1. The van der Waals surface area contributed by atoms with Crippen molar-refractivity contribution in [3.63, 3.8) is 0 Å². The fourth-order valence-corrected chi connectivity index (χ4v) is 2.72. The SMILES string of the molecule is CCCc1cccc(CC2CCC(C)CN2)c1. The van der Waals surface area contributed by atoms with Crippen molar-refractivity contribution in [2.24, 2.45) is 5.92 Å². The first-order chi connectivity index (χ1) is 8.28. The van der Waals surface area contributed by atoms with E-state index in [1.807, 2.05) is 0 Å². The molecule has 1 fully saturated rings. The first-order valence-corrected chi connectivity index (χ1v) is 7.09. The number of aryl methyl sites for hydroxylation is 1. The first kappa shape index (κ1) is 12.6. The molecule has 1 aliphatic heterocycles. The Balaban J connectivity index is 1.91. The third kappa shape index (κ3) is 3.85. The van der Waals surface area contributed by atoms with Gasteiger partial charge in [-0.05, 0) is 49.3 Å². The molecule has 1 aromatic rings. The van der Waals surface area contributed by atoms with Gasteiger partial charge in [-0.1, -0.05) is 44.5 Å². The topological polar surface area (TPSA) is 12.0 Å². The van der Waals surface area contributed by atoms with E-state index in [-0.39, 0.29) is 0 Å². The van der Waals surface area contributed by atoms with Gasteiger partial charge in [-0.15, -0.1) is 0 Å². The van der Waals surface area contributed by atoms with Crippen molar-refractivity contribution >= 4 is 0 Å². The molecule has 0 aromatic heterocycles. The molecule has 0 saturated carbocycles. The molecule has 0 aliphatic carbocycles. The lowest BCUT2D eigenvalue weighted by molar-refractivity contribution is 0.326. The Bertz CT molecular complexity index is 337. The number of nitrogens with one attached hydrogen (secondary N) is 1. The highest BCUT2D eigenvalue weighted by atomic mass is 14.9. The standard InChI is InChI=1S/C16H25N/c1-3-5-14-6-4-7-15(10-14)11-16-9-8-13(2)12-17-16/h4,6-7,10,13,16-17H,3,5,8-9,11-12H2,1-2H3. The number of hydrogen-bond donors (Lipinski definition) is 1. The average Bonchev–Trinajstić information content (AvgIpc) is 2.33. The van der Waals surface area contributed by atoms with Gasteiger partial charge in [-0.3, -0.25) is 0 Å². The van der Waals surface area contributed by atoms with E-state index in [0.717, 1.165) is 5.92 Å². The highest BCUT2D eigenvalue weighted by Crippen LogP contribution is 2.17. The molecule has 2 rings (SSSR count). The van der Waals surface area contributed by atoms with Crippen LogP contribution >= 0.6 is 0 Å². The van der Waals surface area contributed by atoms with Gasteiger partial charge < -0.3 is 5.32 Å². The molecule has 2 unspecified atom stereocenters. The predicted octanol–water partition coefficient (Wildman–Crippen LogP) is 3.57. The van der Waals surface area contributed by atoms with E-state index in [1.165, 1.54) is 49.8 Å². The smallest absolute Gasteiger partial charge is 0.0108 e. The minimum absolute atomic E-state index is 0.697. The zero-order valence-corrected chi connectivity index (χ0v) is 11.2. The third-order valence-corrected chi connectivity index (χ3v) is 3.78. The van der Waals surface area contributed by atoms with Gasteiger partial charge in [-0.2, -0.15) is 0 Å². The van der Waals surface area contributed by atoms with Crippen LogP contribution in [0.15, 0.2) is 24.3 Å². The van der Waals surface area contributed by atoms with Crippen LogP contribution in [-0.4, -0.2) is 12.6 Å². The summed E-state index contributed by atoms with van der Waals surface area (Å²) >= 11 is 0. The molecule has 0 radical (unpaired) electrons. The second-order valence-electron chi connectivity index (χ2n) is 5.56. The molecule has 0 spiro atoms. The predicted molar refractivity (Wildman–Crippen MR) is 74.3 cm³/mol. The molecule has 1 heterocycles. The number of rotatable bonds is 4. The van der Waals surface area contributed by atoms with Crippen LogP contribution in [0.2, 0.25) is 0 Å². The first-order valence-electron chi connectivity index (χ1n) is 7.09. The summed E-state index contributed by atoms with van der Waals surface area (Å²) in [7, 11) is 0. The minimum atomic E-state index is 0.697. The summed E-state index contributed by atoms with van der Waals surface area (Å²) in [6.07, 6.45) is 6.36. The molecule has 94 valence electrons. The Morgan fingerprint density at radius 2 is 2.06 bits per heavy atom. The van der Waals surface area contributed by atoms with Crippen LogP contribution in [0.1, 0.15) is 44.2 Å². The monoisotopic (exact) mass is 231 g/mol. The fraction of sp³-hybridized carbons (Fsp3) is 0.625. The quantitative estimate of drug-likeness (QED) is 0.835. The fourth-order valence-electron chi connectivity index (χ4n) is 2.72. The van der Waals surface area contributed by atoms with Crippen LogP contribution in [0.5, 0.6) is 0 Å². The second-order valence-corrected chi connectivity index (χ2v) is 5.56. The largest absolute Gasteiger partial charge is 0.313 e. The van der Waals surface area contributed by atoms with Crippen molar-refractivity contribution in [2.75, 3.05) is 6.54 Å². The lowest BCUT2D eigenvalue weighted by Crippen LogP contribution is -2.39. The van der Waals surface area contributed by atoms with E-state index < -0.39 is 0 Å². The van der Waals surface area contributed by atoms with Crippen molar-refractivity contribution < 1.29 is 0 Å². The average molecular weight is 231 g/mol. The van der Waals surface area contributed by atoms with Crippen LogP contribution in [0.25, 0.3) is 0 Å². The Morgan fingerprint density at radius 3 is 2.76 bits per heavy atom. The molecule has 1 nitrogen and oxygen atoms in total. The molecule has 1 N–H and O–H groups in total. The van der Waals surface area contributed by atoms with Gasteiger partial charge in [0.15, 0.2) is 0 Å². The van der Waals surface area contributed by atoms with E-state index in [9.17, 15) is 0 Å². The third-order valence-electron chi connectivity index (χ3n) is 3.78. The zero-order valence-electron chi connectivity index (χ0n) is 11.2. The second kappa shape index (κ2) is 6.20. The maximum Gasteiger partial charge on any atom is 0.0108 e. The van der Waals surface area contributed by atoms with Crippen LogP contribution in [0.4, 0.5) is 0 Å². The molecule has 0 bridgehead atoms. The van der Waals surface area contributed by atoms with E-state index >= 15 is 0 Å². The van der Waals surface area contributed by atoms with Crippen molar-refractivity contribution in [3.05, 3.63) is 35.4 Å². The van der Waals surface area contributed by atoms with Gasteiger partial charge >= 0.3 is 0 Å². The Morgan fingerprint density at radius 1 is 1.24 bits per heavy atom. The van der Waals surface area contributed by atoms with Crippen molar-refractivity contribution in [2.45, 2.75) is 52.0 Å². The summed E-state index contributed by atoms with van der Waals surface area (Å²) in [6, 6.07) is 9.83. The van der Waals surface area contributed by atoms with Crippen LogP contribution in [0.3, 0.4) is 0 Å². The Hall–Kier alpha value is -0.820. The van der Waals surface area contributed by atoms with Gasteiger partial charge in [-0.25, -0.2) is 0 Å². The maximum absolute atomic E-state index is 3.67. The Kier molecular flexibility index (Phi) is 4.61. The summed E-state index contributed by atoms with van der Waals surface area (Å²) in [6.45, 7) is 5.78. The van der Waals surface area contributed by atoms with E-state index in [1.54, 1.807) is 0 Å². The van der Waals surface area contributed by atoms with Crippen LogP contribution in [0, 0.1) is 5.92 Å². The molecule has 1 heteroatoms. The Labute approximate surface area is 106 Å². The van der Waals surface area contributed by atoms with Crippen molar-refractivity contribution in [1.82, 2.24) is 5.32 Å². The summed E-state index contributed by atoms with van der Waals surface area (Å²) < 4.78 is 0. The summed E-state index contributed by atoms with van der Waals surface area (Å²) in [4.78, 5) is 0. The molecular formula is C16H25N. The number of hydrogen-bond acceptors (Lipinski definition) is 1. The van der Waals surface area contributed by atoms with E-state index in [2.05, 4.69) is 43.4 Å². The molecule has 2 atom stereocenters. The number of benzene rings is 1. The summed E-state index contributed by atoms with van der Waals surface area (Å²) in [5.74, 6) is 0.859. The van der Waals surface area contributed by atoms with Gasteiger partial charge in [0.2, 0.25) is 0 Å². The van der Waals surface area contributed by atoms with Gasteiger partial charge in [0, 0.05) is 6.04 Å². The van der Waals surface area contributed by atoms with Crippen molar-refractivity contribution in [3.8, 4) is 0 Å². The molecule has 1 aliphatic rings. The molecule has 1 saturated heterocycles.